The molecule has 2 aliphatic rings. The third-order valence-electron chi connectivity index (χ3n) is 4.82. The molecule has 7 nitrogen and oxygen atoms in total. The van der Waals surface area contributed by atoms with E-state index in [0.717, 1.165) is 31.0 Å². The van der Waals surface area contributed by atoms with E-state index in [1.165, 1.54) is 12.8 Å². The average molecular weight is 367 g/mol. The number of benzene rings is 1. The van der Waals surface area contributed by atoms with Crippen LogP contribution in [0.1, 0.15) is 28.9 Å². The first-order valence-electron chi connectivity index (χ1n) is 9.56. The molecule has 2 N–H and O–H groups in total. The van der Waals surface area contributed by atoms with E-state index in [2.05, 4.69) is 25.5 Å². The third-order valence-corrected chi connectivity index (χ3v) is 4.82. The molecule has 1 aliphatic heterocycles. The van der Waals surface area contributed by atoms with Crippen LogP contribution in [0, 0.1) is 5.92 Å². The predicted molar refractivity (Wildman–Crippen MR) is 104 cm³/mol. The van der Waals surface area contributed by atoms with Crippen LogP contribution in [0.15, 0.2) is 36.4 Å². The van der Waals surface area contributed by atoms with Crippen molar-refractivity contribution in [3.8, 4) is 0 Å². The highest BCUT2D eigenvalue weighted by Crippen LogP contribution is 2.27. The number of carbonyl (C=O) groups is 1. The summed E-state index contributed by atoms with van der Waals surface area (Å²) in [5.74, 6) is 1.73. The smallest absolute Gasteiger partial charge is 0.270 e. The molecule has 0 spiro atoms. The van der Waals surface area contributed by atoms with Crippen LogP contribution in [0.4, 0.5) is 11.8 Å². The standard InChI is InChI=1S/C20H25N5O2/c26-19(21-13-16-6-7-16)17-12-18(25-8-10-27-11-9-25)24-20(23-17)22-14-15-4-2-1-3-5-15/h1-5,12,16H,6-11,13-14H2,(H,21,26)(H,22,23,24). The fraction of sp³-hybridized carbons (Fsp3) is 0.450. The molecule has 1 aromatic carbocycles. The maximum atomic E-state index is 12.6. The van der Waals surface area contributed by atoms with Gasteiger partial charge in [-0.2, -0.15) is 4.98 Å². The number of amides is 1. The van der Waals surface area contributed by atoms with Crippen molar-refractivity contribution in [2.75, 3.05) is 43.1 Å². The molecule has 1 aliphatic carbocycles. The minimum atomic E-state index is -0.137. The van der Waals surface area contributed by atoms with Gasteiger partial charge in [-0.15, -0.1) is 0 Å². The lowest BCUT2D eigenvalue weighted by Gasteiger charge is -2.28. The lowest BCUT2D eigenvalue weighted by Crippen LogP contribution is -2.37. The van der Waals surface area contributed by atoms with Crippen LogP contribution in [0.25, 0.3) is 0 Å². The van der Waals surface area contributed by atoms with Crippen LogP contribution in [0.3, 0.4) is 0 Å². The summed E-state index contributed by atoms with van der Waals surface area (Å²) in [7, 11) is 0. The van der Waals surface area contributed by atoms with E-state index in [0.29, 0.717) is 37.3 Å². The van der Waals surface area contributed by atoms with Crippen molar-refractivity contribution in [1.82, 2.24) is 15.3 Å². The van der Waals surface area contributed by atoms with Crippen molar-refractivity contribution < 1.29 is 9.53 Å². The molecule has 0 radical (unpaired) electrons. The summed E-state index contributed by atoms with van der Waals surface area (Å²) in [5, 5.41) is 6.24. The molecule has 0 unspecified atom stereocenters. The van der Waals surface area contributed by atoms with E-state index >= 15 is 0 Å². The summed E-state index contributed by atoms with van der Waals surface area (Å²) in [5.41, 5.74) is 1.54. The van der Waals surface area contributed by atoms with Crippen LogP contribution in [-0.2, 0) is 11.3 Å². The van der Waals surface area contributed by atoms with Crippen molar-refractivity contribution in [1.29, 1.82) is 0 Å². The zero-order valence-corrected chi connectivity index (χ0v) is 15.4. The van der Waals surface area contributed by atoms with Crippen LogP contribution < -0.4 is 15.5 Å². The molecule has 4 rings (SSSR count). The highest BCUT2D eigenvalue weighted by molar-refractivity contribution is 5.93. The zero-order chi connectivity index (χ0) is 18.5. The lowest BCUT2D eigenvalue weighted by molar-refractivity contribution is 0.0946. The van der Waals surface area contributed by atoms with Crippen molar-refractivity contribution in [2.24, 2.45) is 5.92 Å². The number of aromatic nitrogens is 2. The fourth-order valence-corrected chi connectivity index (χ4v) is 3.01. The number of nitrogens with zero attached hydrogens (tertiary/aromatic N) is 3. The van der Waals surface area contributed by atoms with Gasteiger partial charge < -0.3 is 20.3 Å². The minimum Gasteiger partial charge on any atom is -0.378 e. The molecule has 2 aromatic rings. The molecule has 0 atom stereocenters. The third kappa shape index (κ3) is 4.95. The van der Waals surface area contributed by atoms with Gasteiger partial charge in [0.1, 0.15) is 11.5 Å². The molecule has 1 aromatic heterocycles. The summed E-state index contributed by atoms with van der Waals surface area (Å²) >= 11 is 0. The van der Waals surface area contributed by atoms with E-state index < -0.39 is 0 Å². The van der Waals surface area contributed by atoms with E-state index in [1.54, 1.807) is 6.07 Å². The Kier molecular flexibility index (Phi) is 5.48. The zero-order valence-electron chi connectivity index (χ0n) is 15.4. The van der Waals surface area contributed by atoms with Gasteiger partial charge in [0.2, 0.25) is 5.95 Å². The number of carbonyl (C=O) groups excluding carboxylic acids is 1. The molecule has 7 heteroatoms. The van der Waals surface area contributed by atoms with Crippen molar-refractivity contribution in [3.63, 3.8) is 0 Å². The van der Waals surface area contributed by atoms with E-state index in [4.69, 9.17) is 4.74 Å². The molecular weight excluding hydrogens is 342 g/mol. The summed E-state index contributed by atoms with van der Waals surface area (Å²) in [6.07, 6.45) is 2.40. The largest absolute Gasteiger partial charge is 0.378 e. The van der Waals surface area contributed by atoms with Gasteiger partial charge in [-0.3, -0.25) is 4.79 Å². The topological polar surface area (TPSA) is 79.4 Å². The van der Waals surface area contributed by atoms with Gasteiger partial charge >= 0.3 is 0 Å². The molecule has 27 heavy (non-hydrogen) atoms. The Morgan fingerprint density at radius 3 is 2.67 bits per heavy atom. The number of anilines is 2. The molecule has 0 bridgehead atoms. The van der Waals surface area contributed by atoms with Gasteiger partial charge in [0.05, 0.1) is 13.2 Å². The van der Waals surface area contributed by atoms with Crippen molar-refractivity contribution in [2.45, 2.75) is 19.4 Å². The lowest BCUT2D eigenvalue weighted by atomic mass is 10.2. The predicted octanol–water partition coefficient (Wildman–Crippen LogP) is 2.07. The number of hydrogen-bond donors (Lipinski definition) is 2. The summed E-state index contributed by atoms with van der Waals surface area (Å²) in [6.45, 7) is 4.19. The van der Waals surface area contributed by atoms with E-state index in [1.807, 2.05) is 30.3 Å². The number of hydrogen-bond acceptors (Lipinski definition) is 6. The van der Waals surface area contributed by atoms with E-state index in [-0.39, 0.29) is 5.91 Å². The number of ether oxygens (including phenoxy) is 1. The van der Waals surface area contributed by atoms with Gasteiger partial charge in [0.15, 0.2) is 0 Å². The second-order valence-electron chi connectivity index (χ2n) is 7.03. The maximum Gasteiger partial charge on any atom is 0.270 e. The maximum absolute atomic E-state index is 12.6. The van der Waals surface area contributed by atoms with Gasteiger partial charge in [-0.25, -0.2) is 4.98 Å². The minimum absolute atomic E-state index is 0.137. The number of nitrogens with one attached hydrogen (secondary N) is 2. The number of morpholine rings is 1. The summed E-state index contributed by atoms with van der Waals surface area (Å²) in [4.78, 5) is 23.8. The van der Waals surface area contributed by atoms with Crippen LogP contribution >= 0.6 is 0 Å². The number of rotatable bonds is 7. The Morgan fingerprint density at radius 2 is 1.93 bits per heavy atom. The first-order valence-corrected chi connectivity index (χ1v) is 9.56. The summed E-state index contributed by atoms with van der Waals surface area (Å²) < 4.78 is 5.43. The van der Waals surface area contributed by atoms with Crippen LogP contribution in [0.5, 0.6) is 0 Å². The second kappa shape index (κ2) is 8.35. The SMILES string of the molecule is O=C(NCC1CC1)c1cc(N2CCOCC2)nc(NCc2ccccc2)n1. The Bertz CT molecular complexity index is 773. The van der Waals surface area contributed by atoms with Crippen molar-refractivity contribution >= 4 is 17.7 Å². The van der Waals surface area contributed by atoms with Crippen molar-refractivity contribution in [3.05, 3.63) is 47.7 Å². The highest BCUT2D eigenvalue weighted by Gasteiger charge is 2.23. The first kappa shape index (κ1) is 17.7. The molecule has 2 fully saturated rings. The molecule has 1 amide bonds. The van der Waals surface area contributed by atoms with Crippen LogP contribution in [-0.4, -0.2) is 48.7 Å². The Labute approximate surface area is 159 Å². The average Bonchev–Trinajstić information content (AvgIpc) is 3.56. The van der Waals surface area contributed by atoms with Gasteiger partial charge in [0.25, 0.3) is 5.91 Å². The Hall–Kier alpha value is -2.67. The second-order valence-corrected chi connectivity index (χ2v) is 7.03. The molecule has 1 saturated carbocycles. The van der Waals surface area contributed by atoms with Gasteiger partial charge in [0, 0.05) is 32.2 Å². The van der Waals surface area contributed by atoms with Gasteiger partial charge in [-0.05, 0) is 24.3 Å². The highest BCUT2D eigenvalue weighted by atomic mass is 16.5. The Balaban J connectivity index is 1.52. The van der Waals surface area contributed by atoms with Gasteiger partial charge in [-0.1, -0.05) is 30.3 Å². The van der Waals surface area contributed by atoms with Crippen LogP contribution in [0.2, 0.25) is 0 Å². The normalized spacial score (nSPS) is 16.8. The molecule has 142 valence electrons. The summed E-state index contributed by atoms with van der Waals surface area (Å²) in [6, 6.07) is 11.9. The fourth-order valence-electron chi connectivity index (χ4n) is 3.01. The molecular formula is C20H25N5O2. The Morgan fingerprint density at radius 1 is 1.15 bits per heavy atom. The molecule has 1 saturated heterocycles. The van der Waals surface area contributed by atoms with E-state index in [9.17, 15) is 4.79 Å². The first-order chi connectivity index (χ1) is 13.3. The molecule has 2 heterocycles. The monoisotopic (exact) mass is 367 g/mol. The quantitative estimate of drug-likeness (QED) is 0.780.